The van der Waals surface area contributed by atoms with E-state index in [0.29, 0.717) is 17.8 Å². The summed E-state index contributed by atoms with van der Waals surface area (Å²) in [6, 6.07) is 12.7. The van der Waals surface area contributed by atoms with Crippen LogP contribution in [-0.4, -0.2) is 15.8 Å². The molecule has 120 valence electrons. The maximum atomic E-state index is 12.9. The number of hydrogen-bond donors (Lipinski definition) is 1. The summed E-state index contributed by atoms with van der Waals surface area (Å²) in [5.74, 6) is 0.198. The van der Waals surface area contributed by atoms with Crippen LogP contribution in [0.1, 0.15) is 5.56 Å². The number of aryl methyl sites for hydroxylation is 1. The minimum Gasteiger partial charge on any atom is -0.449 e. The van der Waals surface area contributed by atoms with Gasteiger partial charge in [-0.2, -0.15) is 0 Å². The Hall–Kier alpha value is -2.86. The molecular weight excluding hydrogens is 326 g/mol. The largest absolute Gasteiger partial charge is 0.511 e. The van der Waals surface area contributed by atoms with Gasteiger partial charge in [0.1, 0.15) is 5.69 Å². The van der Waals surface area contributed by atoms with E-state index in [0.717, 1.165) is 22.4 Å². The van der Waals surface area contributed by atoms with Crippen LogP contribution in [0.5, 0.6) is 5.75 Å². The summed E-state index contributed by atoms with van der Waals surface area (Å²) < 4.78 is 6.64. The highest BCUT2D eigenvalue weighted by Gasteiger charge is 2.26. The van der Waals surface area contributed by atoms with Gasteiger partial charge in [0.05, 0.1) is 10.4 Å². The van der Waals surface area contributed by atoms with E-state index in [2.05, 4.69) is 0 Å². The number of ether oxygens (including phenoxy) is 1. The first-order valence-electron chi connectivity index (χ1n) is 7.46. The van der Waals surface area contributed by atoms with Crippen molar-refractivity contribution in [1.82, 2.24) is 4.57 Å². The van der Waals surface area contributed by atoms with E-state index >= 15 is 0 Å². The molecule has 6 heteroatoms. The number of carbonyl (C=O) groups is 1. The number of carboxylic acid groups (broad SMARTS) is 1. The molecule has 1 aliphatic heterocycles. The molecule has 0 atom stereocenters. The van der Waals surface area contributed by atoms with Gasteiger partial charge in [-0.15, -0.1) is 11.3 Å². The first-order valence-corrected chi connectivity index (χ1v) is 8.34. The lowest BCUT2D eigenvalue weighted by atomic mass is 10.0. The van der Waals surface area contributed by atoms with Gasteiger partial charge in [-0.25, -0.2) is 4.79 Å². The molecule has 0 bridgehead atoms. The Kier molecular flexibility index (Phi) is 3.46. The number of pyridine rings is 1. The third-order valence-electron chi connectivity index (χ3n) is 4.10. The van der Waals surface area contributed by atoms with Crippen LogP contribution in [0.4, 0.5) is 4.79 Å². The van der Waals surface area contributed by atoms with Crippen LogP contribution in [0.25, 0.3) is 21.7 Å². The average Bonchev–Trinajstić information content (AvgIpc) is 3.06. The second kappa shape index (κ2) is 5.65. The fourth-order valence-electron chi connectivity index (χ4n) is 3.06. The van der Waals surface area contributed by atoms with Gasteiger partial charge in [0, 0.05) is 6.54 Å². The van der Waals surface area contributed by atoms with Gasteiger partial charge >= 0.3 is 6.16 Å². The molecule has 5 nitrogen and oxygen atoms in total. The number of benzene rings is 1. The zero-order valence-corrected chi connectivity index (χ0v) is 13.4. The van der Waals surface area contributed by atoms with Crippen molar-refractivity contribution < 1.29 is 14.6 Å². The average molecular weight is 339 g/mol. The van der Waals surface area contributed by atoms with Gasteiger partial charge in [0.15, 0.2) is 5.75 Å². The van der Waals surface area contributed by atoms with Crippen LogP contribution in [-0.2, 0) is 13.0 Å². The van der Waals surface area contributed by atoms with E-state index in [1.807, 2.05) is 41.8 Å². The first-order chi connectivity index (χ1) is 11.6. The van der Waals surface area contributed by atoms with Crippen LogP contribution in [0.2, 0.25) is 0 Å². The predicted octanol–water partition coefficient (Wildman–Crippen LogP) is 3.86. The number of aromatic nitrogens is 1. The SMILES string of the molecule is O=C(O)Oc1cc(-c2ccccc2)c(=O)n2c1-c1sccc1CC2. The number of rotatable bonds is 2. The lowest BCUT2D eigenvalue weighted by Gasteiger charge is -2.22. The normalized spacial score (nSPS) is 12.3. The van der Waals surface area contributed by atoms with Crippen molar-refractivity contribution >= 4 is 17.5 Å². The molecule has 0 amide bonds. The molecule has 0 spiro atoms. The van der Waals surface area contributed by atoms with Crippen LogP contribution < -0.4 is 10.3 Å². The highest BCUT2D eigenvalue weighted by atomic mass is 32.1. The van der Waals surface area contributed by atoms with Crippen LogP contribution >= 0.6 is 11.3 Å². The van der Waals surface area contributed by atoms with Gasteiger partial charge in [-0.05, 0) is 35.1 Å². The quantitative estimate of drug-likeness (QED) is 0.720. The van der Waals surface area contributed by atoms with E-state index in [-0.39, 0.29) is 11.3 Å². The summed E-state index contributed by atoms with van der Waals surface area (Å²) in [4.78, 5) is 25.0. The summed E-state index contributed by atoms with van der Waals surface area (Å²) >= 11 is 1.49. The van der Waals surface area contributed by atoms with Crippen molar-refractivity contribution in [2.75, 3.05) is 0 Å². The monoisotopic (exact) mass is 339 g/mol. The standard InChI is InChI=1S/C18H13NO4S/c20-17-13(11-4-2-1-3-5-11)10-14(23-18(21)22)15-16-12(7-9-24-16)6-8-19(15)17/h1-5,7,9-10H,6,8H2,(H,21,22). The van der Waals surface area contributed by atoms with Gasteiger partial charge in [0.25, 0.3) is 5.56 Å². The predicted molar refractivity (Wildman–Crippen MR) is 91.8 cm³/mol. The molecule has 2 aromatic heterocycles. The van der Waals surface area contributed by atoms with E-state index in [1.54, 1.807) is 4.57 Å². The Balaban J connectivity index is 2.02. The molecule has 1 aromatic carbocycles. The third-order valence-corrected chi connectivity index (χ3v) is 5.07. The summed E-state index contributed by atoms with van der Waals surface area (Å²) in [6.07, 6.45) is -0.643. The molecule has 1 N–H and O–H groups in total. The highest BCUT2D eigenvalue weighted by Crippen LogP contribution is 2.40. The smallest absolute Gasteiger partial charge is 0.449 e. The lowest BCUT2D eigenvalue weighted by Crippen LogP contribution is -2.27. The van der Waals surface area contributed by atoms with E-state index < -0.39 is 6.16 Å². The molecule has 0 unspecified atom stereocenters. The summed E-state index contributed by atoms with van der Waals surface area (Å²) in [7, 11) is 0. The third kappa shape index (κ3) is 2.32. The van der Waals surface area contributed by atoms with Gasteiger partial charge in [0.2, 0.25) is 0 Å². The molecule has 4 rings (SSSR count). The fraction of sp³-hybridized carbons (Fsp3) is 0.111. The number of fused-ring (bicyclic) bond motifs is 3. The fourth-order valence-corrected chi connectivity index (χ4v) is 4.07. The molecule has 1 aliphatic rings. The number of thiophene rings is 1. The molecule has 0 saturated carbocycles. The second-order valence-corrected chi connectivity index (χ2v) is 6.40. The zero-order valence-electron chi connectivity index (χ0n) is 12.6. The second-order valence-electron chi connectivity index (χ2n) is 5.49. The minimum absolute atomic E-state index is 0.131. The summed E-state index contributed by atoms with van der Waals surface area (Å²) in [5.41, 5.74) is 2.72. The number of nitrogens with zero attached hydrogens (tertiary/aromatic N) is 1. The van der Waals surface area contributed by atoms with Crippen molar-refractivity contribution in [1.29, 1.82) is 0 Å². The first kappa shape index (κ1) is 14.7. The Morgan fingerprint density at radius 2 is 2.00 bits per heavy atom. The Bertz CT molecular complexity index is 988. The molecule has 24 heavy (non-hydrogen) atoms. The molecule has 0 radical (unpaired) electrons. The topological polar surface area (TPSA) is 68.5 Å². The Morgan fingerprint density at radius 3 is 2.75 bits per heavy atom. The van der Waals surface area contributed by atoms with E-state index in [1.165, 1.54) is 17.4 Å². The molecule has 3 heterocycles. The van der Waals surface area contributed by atoms with Crippen LogP contribution in [0.15, 0.2) is 52.6 Å². The van der Waals surface area contributed by atoms with Crippen LogP contribution in [0, 0.1) is 0 Å². The molecule has 0 fully saturated rings. The van der Waals surface area contributed by atoms with Crippen molar-refractivity contribution in [2.45, 2.75) is 13.0 Å². The van der Waals surface area contributed by atoms with E-state index in [9.17, 15) is 9.59 Å². The highest BCUT2D eigenvalue weighted by molar-refractivity contribution is 7.13. The molecular formula is C18H13NO4S. The van der Waals surface area contributed by atoms with Gasteiger partial charge in [-0.1, -0.05) is 30.3 Å². The molecule has 0 aliphatic carbocycles. The van der Waals surface area contributed by atoms with Crippen LogP contribution in [0.3, 0.4) is 0 Å². The maximum absolute atomic E-state index is 12.9. The van der Waals surface area contributed by atoms with Crippen molar-refractivity contribution in [2.24, 2.45) is 0 Å². The lowest BCUT2D eigenvalue weighted by molar-refractivity contribution is 0.144. The van der Waals surface area contributed by atoms with Crippen molar-refractivity contribution in [3.63, 3.8) is 0 Å². The van der Waals surface area contributed by atoms with E-state index in [4.69, 9.17) is 9.84 Å². The summed E-state index contributed by atoms with van der Waals surface area (Å²) in [6.45, 7) is 0.508. The summed E-state index contributed by atoms with van der Waals surface area (Å²) in [5, 5.41) is 11.0. The Morgan fingerprint density at radius 1 is 1.21 bits per heavy atom. The minimum atomic E-state index is -1.39. The zero-order chi connectivity index (χ0) is 16.7. The van der Waals surface area contributed by atoms with Crippen molar-refractivity contribution in [3.05, 3.63) is 63.8 Å². The Labute approximate surface area is 141 Å². The molecule has 3 aromatic rings. The van der Waals surface area contributed by atoms with Gasteiger partial charge in [-0.3, -0.25) is 4.79 Å². The molecule has 0 saturated heterocycles. The maximum Gasteiger partial charge on any atom is 0.511 e. The number of hydrogen-bond acceptors (Lipinski definition) is 4. The van der Waals surface area contributed by atoms with Gasteiger partial charge < -0.3 is 14.4 Å². The van der Waals surface area contributed by atoms with Crippen molar-refractivity contribution in [3.8, 4) is 27.4 Å².